The molecule has 3 aromatic carbocycles. The summed E-state index contributed by atoms with van der Waals surface area (Å²) in [7, 11) is 0. The van der Waals surface area contributed by atoms with Crippen LogP contribution < -0.4 is 5.48 Å². The van der Waals surface area contributed by atoms with E-state index in [1.165, 1.54) is 11.6 Å². The predicted octanol–water partition coefficient (Wildman–Crippen LogP) is 6.00. The molecule has 0 aliphatic heterocycles. The summed E-state index contributed by atoms with van der Waals surface area (Å²) in [5.41, 5.74) is 6.82. The van der Waals surface area contributed by atoms with Crippen LogP contribution in [-0.2, 0) is 17.8 Å². The van der Waals surface area contributed by atoms with Crippen LogP contribution in [0.15, 0.2) is 97.2 Å². The van der Waals surface area contributed by atoms with Gasteiger partial charge in [0.05, 0.1) is 11.9 Å². The first-order chi connectivity index (χ1) is 16.2. The summed E-state index contributed by atoms with van der Waals surface area (Å²) in [5.74, 6) is 0.358. The number of carbonyl (C=O) groups excluding carboxylic acids is 1. The molecule has 1 amide bonds. The van der Waals surface area contributed by atoms with E-state index in [1.54, 1.807) is 11.6 Å². The zero-order chi connectivity index (χ0) is 23.5. The number of hydroxylamine groups is 1. The molecule has 168 valence electrons. The van der Waals surface area contributed by atoms with Crippen molar-refractivity contribution in [3.8, 4) is 22.6 Å². The molecule has 0 saturated carbocycles. The van der Waals surface area contributed by atoms with Gasteiger partial charge in [0, 0.05) is 23.7 Å². The molecular weight excluding hydrogens is 410 g/mol. The van der Waals surface area contributed by atoms with E-state index >= 15 is 0 Å². The normalized spacial score (nSPS) is 10.5. The summed E-state index contributed by atoms with van der Waals surface area (Å²) in [6.07, 6.45) is 5.75. The molecule has 2 N–H and O–H groups in total. The minimum atomic E-state index is -0.565. The molecular formula is C28H29N3O2. The highest BCUT2D eigenvalue weighted by molar-refractivity contribution is 5.91. The maximum Gasteiger partial charge on any atom is 0.267 e. The third kappa shape index (κ3) is 6.28. The lowest BCUT2D eigenvalue weighted by atomic mass is 10.1. The number of aromatic nitrogens is 2. The van der Waals surface area contributed by atoms with Gasteiger partial charge in [-0.1, -0.05) is 92.7 Å². The highest BCUT2D eigenvalue weighted by atomic mass is 16.5. The number of aryl methyl sites for hydroxylation is 1. The van der Waals surface area contributed by atoms with Crippen molar-refractivity contribution in [1.82, 2.24) is 15.0 Å². The molecule has 0 unspecified atom stereocenters. The molecule has 0 atom stereocenters. The van der Waals surface area contributed by atoms with Crippen molar-refractivity contribution in [2.45, 2.75) is 26.8 Å². The van der Waals surface area contributed by atoms with Crippen molar-refractivity contribution < 1.29 is 10.0 Å². The van der Waals surface area contributed by atoms with Crippen LogP contribution in [-0.4, -0.2) is 20.7 Å². The quantitative estimate of drug-likeness (QED) is 0.211. The van der Waals surface area contributed by atoms with Gasteiger partial charge in [0.2, 0.25) is 0 Å². The monoisotopic (exact) mass is 439 g/mol. The summed E-state index contributed by atoms with van der Waals surface area (Å²) in [6, 6.07) is 28.5. The summed E-state index contributed by atoms with van der Waals surface area (Å²) >= 11 is 0. The van der Waals surface area contributed by atoms with Crippen molar-refractivity contribution in [2.75, 3.05) is 0 Å². The van der Waals surface area contributed by atoms with Gasteiger partial charge in [0.25, 0.3) is 5.91 Å². The predicted molar refractivity (Wildman–Crippen MR) is 134 cm³/mol. The van der Waals surface area contributed by atoms with Gasteiger partial charge in [-0.2, -0.15) is 0 Å². The Hall–Kier alpha value is -3.96. The number of hydrogen-bond donors (Lipinski definition) is 2. The molecule has 0 spiro atoms. The van der Waals surface area contributed by atoms with Crippen LogP contribution in [0, 0.1) is 0 Å². The molecule has 1 aromatic heterocycles. The maximum atomic E-state index is 11.3. The number of rotatable bonds is 7. The number of imidazole rings is 1. The number of nitrogens with one attached hydrogen (secondary N) is 1. The molecule has 5 nitrogen and oxygen atoms in total. The molecule has 5 heteroatoms. The summed E-state index contributed by atoms with van der Waals surface area (Å²) in [5, 5.41) is 8.68. The van der Waals surface area contributed by atoms with Gasteiger partial charge in [-0.05, 0) is 29.7 Å². The van der Waals surface area contributed by atoms with Gasteiger partial charge >= 0.3 is 0 Å². The molecule has 0 fully saturated rings. The highest BCUT2D eigenvalue weighted by Crippen LogP contribution is 2.28. The van der Waals surface area contributed by atoms with E-state index in [2.05, 4.69) is 41.0 Å². The zero-order valence-corrected chi connectivity index (χ0v) is 19.0. The minimum Gasteiger partial charge on any atom is -0.324 e. The van der Waals surface area contributed by atoms with Crippen molar-refractivity contribution in [3.63, 3.8) is 0 Å². The van der Waals surface area contributed by atoms with E-state index < -0.39 is 5.91 Å². The van der Waals surface area contributed by atoms with Crippen molar-refractivity contribution in [1.29, 1.82) is 0 Å². The van der Waals surface area contributed by atoms with Crippen molar-refractivity contribution in [2.24, 2.45) is 0 Å². The molecule has 0 bridgehead atoms. The Labute approximate surface area is 195 Å². The van der Waals surface area contributed by atoms with E-state index in [9.17, 15) is 4.79 Å². The van der Waals surface area contributed by atoms with Crippen molar-refractivity contribution in [3.05, 3.63) is 108 Å². The Morgan fingerprint density at radius 2 is 1.61 bits per heavy atom. The number of benzene rings is 3. The molecule has 0 aliphatic carbocycles. The van der Waals surface area contributed by atoms with Crippen LogP contribution in [0.1, 0.15) is 25.0 Å². The van der Waals surface area contributed by atoms with Crippen LogP contribution >= 0.6 is 0 Å². The average molecular weight is 440 g/mol. The minimum absolute atomic E-state index is 0.565. The molecule has 0 radical (unpaired) electrons. The molecule has 1 heterocycles. The van der Waals surface area contributed by atoms with Crippen LogP contribution in [0.3, 0.4) is 0 Å². The van der Waals surface area contributed by atoms with Gasteiger partial charge in [0.1, 0.15) is 5.82 Å². The van der Waals surface area contributed by atoms with E-state index in [0.717, 1.165) is 41.2 Å². The Morgan fingerprint density at radius 1 is 0.939 bits per heavy atom. The van der Waals surface area contributed by atoms with Gasteiger partial charge in [-0.3, -0.25) is 10.0 Å². The van der Waals surface area contributed by atoms with Crippen LogP contribution in [0.25, 0.3) is 28.7 Å². The molecule has 0 saturated heterocycles. The number of nitrogens with zero attached hydrogens (tertiary/aromatic N) is 2. The smallest absolute Gasteiger partial charge is 0.267 e. The fourth-order valence-electron chi connectivity index (χ4n) is 3.55. The topological polar surface area (TPSA) is 67.2 Å². The van der Waals surface area contributed by atoms with Gasteiger partial charge < -0.3 is 4.57 Å². The second kappa shape index (κ2) is 12.2. The number of amides is 1. The second-order valence-electron chi connectivity index (χ2n) is 7.16. The van der Waals surface area contributed by atoms with Gasteiger partial charge in [-0.15, -0.1) is 0 Å². The lowest BCUT2D eigenvalue weighted by Gasteiger charge is -2.13. The fraction of sp³-hybridized carbons (Fsp3) is 0.143. The average Bonchev–Trinajstić information content (AvgIpc) is 3.32. The largest absolute Gasteiger partial charge is 0.324 e. The third-order valence-corrected chi connectivity index (χ3v) is 5.07. The Balaban J connectivity index is 0.00000149. The van der Waals surface area contributed by atoms with Gasteiger partial charge in [-0.25, -0.2) is 10.5 Å². The Bertz CT molecular complexity index is 1180. The molecule has 0 aliphatic rings. The highest BCUT2D eigenvalue weighted by Gasteiger charge is 2.13. The molecule has 4 rings (SSSR count). The Morgan fingerprint density at radius 3 is 2.30 bits per heavy atom. The lowest BCUT2D eigenvalue weighted by Crippen LogP contribution is -2.14. The zero-order valence-electron chi connectivity index (χ0n) is 19.0. The number of carbonyl (C=O) groups is 1. The van der Waals surface area contributed by atoms with Crippen LogP contribution in [0.5, 0.6) is 0 Å². The van der Waals surface area contributed by atoms with Crippen LogP contribution in [0.4, 0.5) is 0 Å². The summed E-state index contributed by atoms with van der Waals surface area (Å²) in [6.45, 7) is 4.79. The SMILES string of the molecule is CC.O=C(/C=C/c1cccc(-c2cnc(-c3ccccc3)n2CCc2ccccc2)c1)NO. The first kappa shape index (κ1) is 23.7. The van der Waals surface area contributed by atoms with E-state index in [-0.39, 0.29) is 0 Å². The molecule has 4 aromatic rings. The lowest BCUT2D eigenvalue weighted by molar-refractivity contribution is -0.124. The van der Waals surface area contributed by atoms with Crippen molar-refractivity contribution >= 4 is 12.0 Å². The van der Waals surface area contributed by atoms with E-state index in [1.807, 2.05) is 68.6 Å². The summed E-state index contributed by atoms with van der Waals surface area (Å²) < 4.78 is 2.24. The first-order valence-corrected chi connectivity index (χ1v) is 11.1. The standard InChI is InChI=1S/C26H23N3O2.C2H6/c30-25(28-31)15-14-21-10-7-13-23(18-21)24-19-27-26(22-11-5-2-6-12-22)29(24)17-16-20-8-3-1-4-9-20;1-2/h1-15,18-19,31H,16-17H2,(H,28,30);1-2H3/b15-14+;. The van der Waals surface area contributed by atoms with Gasteiger partial charge in [0.15, 0.2) is 0 Å². The first-order valence-electron chi connectivity index (χ1n) is 11.1. The summed E-state index contributed by atoms with van der Waals surface area (Å²) in [4.78, 5) is 16.1. The third-order valence-electron chi connectivity index (χ3n) is 5.07. The van der Waals surface area contributed by atoms with Crippen LogP contribution in [0.2, 0.25) is 0 Å². The molecule has 33 heavy (non-hydrogen) atoms. The number of hydrogen-bond acceptors (Lipinski definition) is 3. The maximum absolute atomic E-state index is 11.3. The Kier molecular flexibility index (Phi) is 8.74. The fourth-order valence-corrected chi connectivity index (χ4v) is 3.55. The second-order valence-corrected chi connectivity index (χ2v) is 7.16. The van der Waals surface area contributed by atoms with E-state index in [4.69, 9.17) is 10.2 Å². The van der Waals surface area contributed by atoms with E-state index in [0.29, 0.717) is 0 Å².